The molecule has 2 aromatic carbocycles. The quantitative estimate of drug-likeness (QED) is 0.316. The lowest BCUT2D eigenvalue weighted by molar-refractivity contribution is -0.121. The van der Waals surface area contributed by atoms with Gasteiger partial charge in [0.1, 0.15) is 5.75 Å². The SMILES string of the molecule is COc1cc(C=CC(=O)CC(=O)C=Cc2ccc(OCCCN(C)C)cc2)ccc1O. The molecule has 0 unspecified atom stereocenters. The summed E-state index contributed by atoms with van der Waals surface area (Å²) in [6.45, 7) is 1.62. The normalized spacial score (nSPS) is 11.4. The number of allylic oxidation sites excluding steroid dienone is 2. The number of carbonyl (C=O) groups excluding carboxylic acids is 2. The predicted octanol–water partition coefficient (Wildman–Crippen LogP) is 3.99. The van der Waals surface area contributed by atoms with Crippen molar-refractivity contribution in [3.8, 4) is 17.2 Å². The summed E-state index contributed by atoms with van der Waals surface area (Å²) >= 11 is 0. The fourth-order valence-corrected chi connectivity index (χ4v) is 2.71. The number of benzene rings is 2. The van der Waals surface area contributed by atoms with Gasteiger partial charge < -0.3 is 19.5 Å². The van der Waals surface area contributed by atoms with Crippen LogP contribution in [0.5, 0.6) is 17.2 Å². The van der Waals surface area contributed by atoms with Gasteiger partial charge in [0, 0.05) is 6.54 Å². The van der Waals surface area contributed by atoms with E-state index in [1.807, 2.05) is 38.4 Å². The lowest BCUT2D eigenvalue weighted by Gasteiger charge is -2.10. The lowest BCUT2D eigenvalue weighted by atomic mass is 10.1. The third-order valence-corrected chi connectivity index (χ3v) is 4.37. The molecule has 164 valence electrons. The molecule has 0 fully saturated rings. The number of nitrogens with zero attached hydrogens (tertiary/aromatic N) is 1. The van der Waals surface area contributed by atoms with E-state index in [4.69, 9.17) is 9.47 Å². The summed E-state index contributed by atoms with van der Waals surface area (Å²) in [5.74, 6) is 0.548. The molecule has 0 spiro atoms. The van der Waals surface area contributed by atoms with E-state index < -0.39 is 0 Å². The monoisotopic (exact) mass is 423 g/mol. The Morgan fingerprint density at radius 2 is 1.58 bits per heavy atom. The average Bonchev–Trinajstić information content (AvgIpc) is 2.75. The van der Waals surface area contributed by atoms with Crippen molar-refractivity contribution in [3.05, 3.63) is 65.7 Å². The molecule has 0 bridgehead atoms. The smallest absolute Gasteiger partial charge is 0.163 e. The highest BCUT2D eigenvalue weighted by atomic mass is 16.5. The first-order valence-corrected chi connectivity index (χ1v) is 10.0. The van der Waals surface area contributed by atoms with Gasteiger partial charge in [0.15, 0.2) is 23.1 Å². The molecule has 2 rings (SSSR count). The number of hydrogen-bond acceptors (Lipinski definition) is 6. The van der Waals surface area contributed by atoms with Crippen LogP contribution in [0.3, 0.4) is 0 Å². The Balaban J connectivity index is 1.81. The van der Waals surface area contributed by atoms with Gasteiger partial charge >= 0.3 is 0 Å². The summed E-state index contributed by atoms with van der Waals surface area (Å²) < 4.78 is 10.7. The molecule has 6 nitrogen and oxygen atoms in total. The van der Waals surface area contributed by atoms with Gasteiger partial charge in [0.2, 0.25) is 0 Å². The van der Waals surface area contributed by atoms with Crippen LogP contribution in [0.4, 0.5) is 0 Å². The lowest BCUT2D eigenvalue weighted by Crippen LogP contribution is -2.15. The maximum Gasteiger partial charge on any atom is 0.163 e. The topological polar surface area (TPSA) is 76.1 Å². The molecule has 0 aliphatic rings. The minimum Gasteiger partial charge on any atom is -0.504 e. The summed E-state index contributed by atoms with van der Waals surface area (Å²) in [5, 5.41) is 9.59. The van der Waals surface area contributed by atoms with Gasteiger partial charge in [-0.05, 0) is 68.1 Å². The van der Waals surface area contributed by atoms with Crippen molar-refractivity contribution in [2.45, 2.75) is 12.8 Å². The molecule has 1 N–H and O–H groups in total. The summed E-state index contributed by atoms with van der Waals surface area (Å²) in [5.41, 5.74) is 1.54. The second-order valence-corrected chi connectivity index (χ2v) is 7.28. The van der Waals surface area contributed by atoms with Crippen molar-refractivity contribution in [1.29, 1.82) is 0 Å². The fourth-order valence-electron chi connectivity index (χ4n) is 2.71. The largest absolute Gasteiger partial charge is 0.504 e. The first kappa shape index (κ1) is 23.9. The van der Waals surface area contributed by atoms with E-state index >= 15 is 0 Å². The summed E-state index contributed by atoms with van der Waals surface area (Å²) in [6, 6.07) is 12.2. The van der Waals surface area contributed by atoms with E-state index in [0.29, 0.717) is 17.9 Å². The zero-order chi connectivity index (χ0) is 22.6. The van der Waals surface area contributed by atoms with E-state index in [0.717, 1.165) is 24.3 Å². The Labute approximate surface area is 183 Å². The van der Waals surface area contributed by atoms with Crippen LogP contribution in [0.25, 0.3) is 12.2 Å². The fraction of sp³-hybridized carbons (Fsp3) is 0.280. The van der Waals surface area contributed by atoms with Crippen molar-refractivity contribution < 1.29 is 24.2 Å². The Hall–Kier alpha value is -3.38. The zero-order valence-electron chi connectivity index (χ0n) is 18.2. The number of ether oxygens (including phenoxy) is 2. The van der Waals surface area contributed by atoms with Crippen LogP contribution in [0.1, 0.15) is 24.0 Å². The molecule has 0 heterocycles. The van der Waals surface area contributed by atoms with Gasteiger partial charge in [-0.2, -0.15) is 0 Å². The number of methoxy groups -OCH3 is 1. The Bertz CT molecular complexity index is 929. The van der Waals surface area contributed by atoms with Crippen LogP contribution in [0.2, 0.25) is 0 Å². The van der Waals surface area contributed by atoms with E-state index in [2.05, 4.69) is 4.90 Å². The third kappa shape index (κ3) is 8.88. The van der Waals surface area contributed by atoms with E-state index in [1.165, 1.54) is 25.3 Å². The minimum atomic E-state index is -0.303. The van der Waals surface area contributed by atoms with Crippen molar-refractivity contribution >= 4 is 23.7 Å². The van der Waals surface area contributed by atoms with Gasteiger partial charge in [-0.3, -0.25) is 9.59 Å². The average molecular weight is 424 g/mol. The van der Waals surface area contributed by atoms with Crippen LogP contribution in [-0.2, 0) is 9.59 Å². The molecule has 0 amide bonds. The van der Waals surface area contributed by atoms with Crippen LogP contribution < -0.4 is 9.47 Å². The zero-order valence-corrected chi connectivity index (χ0v) is 18.2. The van der Waals surface area contributed by atoms with Gasteiger partial charge in [0.25, 0.3) is 0 Å². The Kier molecular flexibility index (Phi) is 9.52. The first-order valence-electron chi connectivity index (χ1n) is 10.0. The van der Waals surface area contributed by atoms with Crippen molar-refractivity contribution in [2.75, 3.05) is 34.4 Å². The molecule has 0 radical (unpaired) electrons. The van der Waals surface area contributed by atoms with Gasteiger partial charge in [-0.1, -0.05) is 30.4 Å². The highest BCUT2D eigenvalue weighted by molar-refractivity contribution is 6.10. The number of phenols is 1. The third-order valence-electron chi connectivity index (χ3n) is 4.37. The van der Waals surface area contributed by atoms with Crippen LogP contribution in [0, 0.1) is 0 Å². The first-order chi connectivity index (χ1) is 14.9. The highest BCUT2D eigenvalue weighted by Gasteiger charge is 2.05. The minimum absolute atomic E-state index is 0.0233. The maximum absolute atomic E-state index is 12.1. The predicted molar refractivity (Wildman–Crippen MR) is 122 cm³/mol. The summed E-state index contributed by atoms with van der Waals surface area (Å²) in [4.78, 5) is 26.2. The van der Waals surface area contributed by atoms with Crippen molar-refractivity contribution in [3.63, 3.8) is 0 Å². The molecule has 31 heavy (non-hydrogen) atoms. The second kappa shape index (κ2) is 12.3. The number of phenolic OH excluding ortho intramolecular Hbond substituents is 1. The van der Waals surface area contributed by atoms with Crippen LogP contribution >= 0.6 is 0 Å². The van der Waals surface area contributed by atoms with Crippen LogP contribution in [-0.4, -0.2) is 55.9 Å². The number of carbonyl (C=O) groups is 2. The number of rotatable bonds is 12. The molecule has 0 aliphatic carbocycles. The molecule has 0 saturated carbocycles. The maximum atomic E-state index is 12.1. The number of ketones is 2. The van der Waals surface area contributed by atoms with Gasteiger partial charge in [-0.15, -0.1) is 0 Å². The molecule has 6 heteroatoms. The molecule has 0 aliphatic heterocycles. The molecule has 0 saturated heterocycles. The molecule has 0 atom stereocenters. The number of hydrogen-bond donors (Lipinski definition) is 1. The standard InChI is InChI=1S/C25H29NO5/c1-26(2)15-4-16-31-23-12-7-19(8-13-23)5-10-21(27)18-22(28)11-6-20-9-14-24(29)25(17-20)30-3/h5-14,17,29H,4,15-16,18H2,1-3H3. The van der Waals surface area contributed by atoms with E-state index in [1.54, 1.807) is 24.3 Å². The summed E-state index contributed by atoms with van der Waals surface area (Å²) in [7, 11) is 5.50. The number of aromatic hydroxyl groups is 1. The van der Waals surface area contributed by atoms with Crippen molar-refractivity contribution in [2.24, 2.45) is 0 Å². The Morgan fingerprint density at radius 1 is 0.968 bits per heavy atom. The highest BCUT2D eigenvalue weighted by Crippen LogP contribution is 2.26. The molecular formula is C25H29NO5. The summed E-state index contributed by atoms with van der Waals surface area (Å²) in [6.07, 6.45) is 6.75. The van der Waals surface area contributed by atoms with Crippen LogP contribution in [0.15, 0.2) is 54.6 Å². The Morgan fingerprint density at radius 3 is 2.19 bits per heavy atom. The van der Waals surface area contributed by atoms with E-state index in [9.17, 15) is 14.7 Å². The molecule has 2 aromatic rings. The van der Waals surface area contributed by atoms with E-state index in [-0.39, 0.29) is 23.7 Å². The second-order valence-electron chi connectivity index (χ2n) is 7.28. The molecular weight excluding hydrogens is 394 g/mol. The van der Waals surface area contributed by atoms with Crippen molar-refractivity contribution in [1.82, 2.24) is 4.90 Å². The molecule has 0 aromatic heterocycles. The van der Waals surface area contributed by atoms with Gasteiger partial charge in [-0.25, -0.2) is 0 Å². The van der Waals surface area contributed by atoms with Gasteiger partial charge in [0.05, 0.1) is 20.1 Å².